The third kappa shape index (κ3) is 10.5. The van der Waals surface area contributed by atoms with Crippen molar-refractivity contribution in [1.29, 1.82) is 0 Å². The molecule has 0 amide bonds. The van der Waals surface area contributed by atoms with Crippen LogP contribution in [0.4, 0.5) is 0 Å². The molecule has 18 heavy (non-hydrogen) atoms. The van der Waals surface area contributed by atoms with E-state index in [9.17, 15) is 0 Å². The molecule has 0 aliphatic carbocycles. The molecule has 0 aromatic rings. The van der Waals surface area contributed by atoms with Gasteiger partial charge in [0, 0.05) is 0 Å². The summed E-state index contributed by atoms with van der Waals surface area (Å²) in [7, 11) is 0. The molecule has 0 rings (SSSR count). The van der Waals surface area contributed by atoms with Gasteiger partial charge in [-0.05, 0) is 18.4 Å². The first-order chi connectivity index (χ1) is 8.50. The van der Waals surface area contributed by atoms with Crippen molar-refractivity contribution >= 4 is 28.9 Å². The van der Waals surface area contributed by atoms with Crippen LogP contribution in [0.2, 0.25) is 5.54 Å². The molecule has 0 unspecified atom stereocenters. The maximum atomic E-state index is 6.30. The highest BCUT2D eigenvalue weighted by atomic mass is 35.7. The fourth-order valence-electron chi connectivity index (χ4n) is 1.83. The van der Waals surface area contributed by atoms with Crippen molar-refractivity contribution in [2.24, 2.45) is 0 Å². The first kappa shape index (κ1) is 18.5. The van der Waals surface area contributed by atoms with Gasteiger partial charge in [0.05, 0.1) is 0 Å². The van der Waals surface area contributed by atoms with Gasteiger partial charge in [-0.3, -0.25) is 0 Å². The predicted molar refractivity (Wildman–Crippen MR) is 88.9 cm³/mol. The molecule has 0 aliphatic heterocycles. The molecule has 0 spiro atoms. The van der Waals surface area contributed by atoms with E-state index in [0.29, 0.717) is 5.54 Å². The molecular weight excluding hydrogens is 279 g/mol. The molecule has 0 aromatic heterocycles. The molecule has 0 heterocycles. The van der Waals surface area contributed by atoms with Crippen molar-refractivity contribution in [2.75, 3.05) is 0 Å². The first-order valence-corrected chi connectivity index (χ1v) is 11.7. The van der Waals surface area contributed by atoms with Gasteiger partial charge in [0.2, 0.25) is 0 Å². The van der Waals surface area contributed by atoms with Crippen LogP contribution in [-0.4, -0.2) is 6.69 Å². The second kappa shape index (κ2) is 11.4. The van der Waals surface area contributed by atoms with Crippen LogP contribution < -0.4 is 0 Å². The van der Waals surface area contributed by atoms with Crippen molar-refractivity contribution in [3.05, 3.63) is 11.8 Å². The highest BCUT2D eigenvalue weighted by Gasteiger charge is 2.28. The summed E-state index contributed by atoms with van der Waals surface area (Å²) in [6.45, 7) is 4.37. The van der Waals surface area contributed by atoms with E-state index in [1.807, 2.05) is 0 Å². The Balaban J connectivity index is 3.38. The van der Waals surface area contributed by atoms with E-state index in [-0.39, 0.29) is 0 Å². The van der Waals surface area contributed by atoms with Crippen LogP contribution in [0.25, 0.3) is 0 Å². The fourth-order valence-corrected chi connectivity index (χ4v) is 3.23. The molecule has 0 atom stereocenters. The van der Waals surface area contributed by atoms with Crippen LogP contribution in [0.3, 0.4) is 0 Å². The van der Waals surface area contributed by atoms with E-state index >= 15 is 0 Å². The van der Waals surface area contributed by atoms with Gasteiger partial charge >= 0.3 is 0 Å². The van der Waals surface area contributed by atoms with E-state index in [4.69, 9.17) is 22.2 Å². The highest BCUT2D eigenvalue weighted by Crippen LogP contribution is 2.30. The third-order valence-corrected chi connectivity index (χ3v) is 8.93. The van der Waals surface area contributed by atoms with E-state index in [0.717, 1.165) is 6.42 Å². The maximum Gasteiger partial charge on any atom is 0.276 e. The predicted octanol–water partition coefficient (Wildman–Crippen LogP) is 6.94. The van der Waals surface area contributed by atoms with E-state index in [2.05, 4.69) is 32.5 Å². The lowest BCUT2D eigenvalue weighted by molar-refractivity contribution is 0.577. The molecule has 0 saturated heterocycles. The van der Waals surface area contributed by atoms with Gasteiger partial charge in [0.1, 0.15) is 0 Å². The summed E-state index contributed by atoms with van der Waals surface area (Å²) >= 11 is 12.6. The Kier molecular flexibility index (Phi) is 11.7. The van der Waals surface area contributed by atoms with Crippen molar-refractivity contribution in [2.45, 2.75) is 84.1 Å². The largest absolute Gasteiger partial charge is 0.276 e. The Morgan fingerprint density at radius 1 is 0.889 bits per heavy atom. The van der Waals surface area contributed by atoms with Crippen LogP contribution in [0.5, 0.6) is 0 Å². The van der Waals surface area contributed by atoms with Crippen LogP contribution in [-0.2, 0) is 0 Å². The topological polar surface area (TPSA) is 0 Å². The number of halogens is 2. The van der Waals surface area contributed by atoms with Crippen LogP contribution in [0, 0.1) is 0 Å². The smallest absolute Gasteiger partial charge is 0.140 e. The molecule has 108 valence electrons. The van der Waals surface area contributed by atoms with Gasteiger partial charge in [-0.2, -0.15) is 0 Å². The highest BCUT2D eigenvalue weighted by molar-refractivity contribution is 7.48. The quantitative estimate of drug-likeness (QED) is 0.220. The Morgan fingerprint density at radius 2 is 1.39 bits per heavy atom. The SMILES string of the molecule is CCCCCCCCCCC=C[Si](Cl)(Cl)C(C)C. The number of hydrogen-bond acceptors (Lipinski definition) is 0. The van der Waals surface area contributed by atoms with Crippen molar-refractivity contribution in [1.82, 2.24) is 0 Å². The molecular formula is C15H30Cl2Si. The lowest BCUT2D eigenvalue weighted by atomic mass is 10.1. The fraction of sp³-hybridized carbons (Fsp3) is 0.867. The molecule has 3 heteroatoms. The zero-order valence-electron chi connectivity index (χ0n) is 12.4. The number of rotatable bonds is 11. The summed E-state index contributed by atoms with van der Waals surface area (Å²) in [6, 6.07) is 0. The molecule has 0 saturated carbocycles. The lowest BCUT2D eigenvalue weighted by Crippen LogP contribution is -2.20. The zero-order chi connectivity index (χ0) is 13.9. The van der Waals surface area contributed by atoms with Crippen molar-refractivity contribution in [3.8, 4) is 0 Å². The minimum Gasteiger partial charge on any atom is -0.140 e. The first-order valence-electron chi connectivity index (χ1n) is 7.56. The number of allylic oxidation sites excluding steroid dienone is 1. The Labute approximate surface area is 125 Å². The third-order valence-electron chi connectivity index (χ3n) is 3.33. The second-order valence-electron chi connectivity index (χ2n) is 5.50. The normalized spacial score (nSPS) is 12.8. The second-order valence-corrected chi connectivity index (χ2v) is 12.7. The summed E-state index contributed by atoms with van der Waals surface area (Å²) in [5.41, 5.74) is 2.48. The van der Waals surface area contributed by atoms with Crippen LogP contribution in [0.15, 0.2) is 11.8 Å². The molecule has 0 nitrogen and oxygen atoms in total. The monoisotopic (exact) mass is 308 g/mol. The minimum atomic E-state index is -2.11. The van der Waals surface area contributed by atoms with Crippen molar-refractivity contribution in [3.63, 3.8) is 0 Å². The summed E-state index contributed by atoms with van der Waals surface area (Å²) < 4.78 is 0. The van der Waals surface area contributed by atoms with Gasteiger partial charge < -0.3 is 0 Å². The maximum absolute atomic E-state index is 6.30. The summed E-state index contributed by atoms with van der Waals surface area (Å²) in [6.07, 6.45) is 14.3. The molecule has 0 radical (unpaired) electrons. The summed E-state index contributed by atoms with van der Waals surface area (Å²) in [5.74, 6) is 0. The Hall–Kier alpha value is 0.537. The van der Waals surface area contributed by atoms with Gasteiger partial charge in [-0.1, -0.05) is 77.5 Å². The standard InChI is InChI=1S/C15H30Cl2Si/c1-4-5-6-7-8-9-10-11-12-13-14-18(16,17)15(2)3/h13-15H,4-12H2,1-3H3. The van der Waals surface area contributed by atoms with Crippen molar-refractivity contribution < 1.29 is 0 Å². The van der Waals surface area contributed by atoms with E-state index in [1.54, 1.807) is 0 Å². The summed E-state index contributed by atoms with van der Waals surface area (Å²) in [4.78, 5) is 0. The molecule has 0 fully saturated rings. The average molecular weight is 309 g/mol. The molecule has 0 N–H and O–H groups in total. The van der Waals surface area contributed by atoms with Gasteiger partial charge in [-0.25, -0.2) is 0 Å². The van der Waals surface area contributed by atoms with E-state index < -0.39 is 6.69 Å². The zero-order valence-corrected chi connectivity index (χ0v) is 14.9. The minimum absolute atomic E-state index is 0.399. The van der Waals surface area contributed by atoms with Gasteiger partial charge in [-0.15, -0.1) is 22.2 Å². The number of unbranched alkanes of at least 4 members (excludes halogenated alkanes) is 8. The Bertz CT molecular complexity index is 213. The van der Waals surface area contributed by atoms with Crippen LogP contribution >= 0.6 is 22.2 Å². The molecule has 0 bridgehead atoms. The molecule has 0 aliphatic rings. The Morgan fingerprint density at radius 3 is 1.89 bits per heavy atom. The summed E-state index contributed by atoms with van der Waals surface area (Å²) in [5, 5.41) is 0. The van der Waals surface area contributed by atoms with Crippen LogP contribution in [0.1, 0.15) is 78.6 Å². The van der Waals surface area contributed by atoms with E-state index in [1.165, 1.54) is 51.4 Å². The van der Waals surface area contributed by atoms with Gasteiger partial charge in [0.15, 0.2) is 0 Å². The number of hydrogen-bond donors (Lipinski definition) is 0. The lowest BCUT2D eigenvalue weighted by Gasteiger charge is -2.15. The molecule has 0 aromatic carbocycles. The average Bonchev–Trinajstić information content (AvgIpc) is 2.31. The van der Waals surface area contributed by atoms with Gasteiger partial charge in [0.25, 0.3) is 6.69 Å².